The summed E-state index contributed by atoms with van der Waals surface area (Å²) in [7, 11) is 1.37. The lowest BCUT2D eigenvalue weighted by Gasteiger charge is -2.38. The first kappa shape index (κ1) is 20.8. The van der Waals surface area contributed by atoms with Gasteiger partial charge in [-0.2, -0.15) is 0 Å². The largest absolute Gasteiger partial charge is 0.468 e. The maximum absolute atomic E-state index is 13.4. The number of carbonyl (C=O) groups is 2. The zero-order chi connectivity index (χ0) is 21.3. The molecule has 30 heavy (non-hydrogen) atoms. The van der Waals surface area contributed by atoms with Crippen LogP contribution in [0.1, 0.15) is 21.3 Å². The summed E-state index contributed by atoms with van der Waals surface area (Å²) < 4.78 is 19.3. The summed E-state index contributed by atoms with van der Waals surface area (Å²) in [5.74, 6) is -0.732. The predicted molar refractivity (Wildman–Crippen MR) is 115 cm³/mol. The second-order valence-electron chi connectivity index (χ2n) is 7.10. The number of thiophene rings is 1. The minimum Gasteiger partial charge on any atom is -0.468 e. The highest BCUT2D eigenvalue weighted by atomic mass is 35.5. The fourth-order valence-electron chi connectivity index (χ4n) is 3.71. The number of fused-ring (bicyclic) bond motifs is 1. The Morgan fingerprint density at radius 1 is 1.07 bits per heavy atom. The number of benzene rings is 2. The van der Waals surface area contributed by atoms with Gasteiger partial charge in [-0.1, -0.05) is 23.7 Å². The van der Waals surface area contributed by atoms with Gasteiger partial charge in [-0.05, 0) is 47.3 Å². The number of esters is 1. The molecule has 1 aromatic heterocycles. The van der Waals surface area contributed by atoms with Gasteiger partial charge in [-0.15, -0.1) is 11.3 Å². The molecular formula is C22H20ClFN2O3S. The van der Waals surface area contributed by atoms with Gasteiger partial charge in [0.1, 0.15) is 11.9 Å². The van der Waals surface area contributed by atoms with Gasteiger partial charge in [-0.3, -0.25) is 9.69 Å². The molecule has 1 saturated heterocycles. The first-order valence-electron chi connectivity index (χ1n) is 9.52. The van der Waals surface area contributed by atoms with E-state index in [-0.39, 0.29) is 17.7 Å². The Kier molecular flexibility index (Phi) is 6.04. The molecule has 1 atom stereocenters. The van der Waals surface area contributed by atoms with Crippen molar-refractivity contribution in [3.63, 3.8) is 0 Å². The van der Waals surface area contributed by atoms with E-state index < -0.39 is 6.04 Å². The molecule has 5 nitrogen and oxygen atoms in total. The molecule has 1 fully saturated rings. The van der Waals surface area contributed by atoms with Gasteiger partial charge in [0.15, 0.2) is 0 Å². The molecule has 3 aromatic rings. The van der Waals surface area contributed by atoms with Gasteiger partial charge in [0, 0.05) is 35.9 Å². The summed E-state index contributed by atoms with van der Waals surface area (Å²) in [6.07, 6.45) is 0. The van der Waals surface area contributed by atoms with E-state index in [1.54, 1.807) is 29.2 Å². The van der Waals surface area contributed by atoms with Crippen LogP contribution in [0.4, 0.5) is 4.39 Å². The van der Waals surface area contributed by atoms with Crippen LogP contribution in [0.5, 0.6) is 0 Å². The number of hydrogen-bond donors (Lipinski definition) is 0. The highest BCUT2D eigenvalue weighted by molar-refractivity contribution is 7.20. The van der Waals surface area contributed by atoms with Crippen molar-refractivity contribution in [3.8, 4) is 0 Å². The van der Waals surface area contributed by atoms with Gasteiger partial charge < -0.3 is 9.64 Å². The van der Waals surface area contributed by atoms with Gasteiger partial charge in [0.2, 0.25) is 0 Å². The fourth-order valence-corrected chi connectivity index (χ4v) is 4.85. The lowest BCUT2D eigenvalue weighted by Crippen LogP contribution is -2.51. The number of ether oxygens (including phenoxy) is 1. The van der Waals surface area contributed by atoms with E-state index in [1.165, 1.54) is 30.6 Å². The SMILES string of the molecule is COC(=O)C(c1ccc(Cl)cc1)N1CCN(C(=O)c2cc3cc(F)ccc3s2)CC1. The Bertz CT molecular complexity index is 1080. The molecule has 0 saturated carbocycles. The van der Waals surface area contributed by atoms with Crippen LogP contribution >= 0.6 is 22.9 Å². The minimum absolute atomic E-state index is 0.0719. The fraction of sp³-hybridized carbons (Fsp3) is 0.273. The van der Waals surface area contributed by atoms with E-state index >= 15 is 0 Å². The summed E-state index contributed by atoms with van der Waals surface area (Å²) in [6, 6.07) is 12.9. The topological polar surface area (TPSA) is 49.9 Å². The van der Waals surface area contributed by atoms with Crippen LogP contribution in [-0.4, -0.2) is 55.0 Å². The maximum Gasteiger partial charge on any atom is 0.327 e. The molecule has 1 aliphatic heterocycles. The van der Waals surface area contributed by atoms with Crippen molar-refractivity contribution in [3.05, 3.63) is 69.8 Å². The second kappa shape index (κ2) is 8.71. The molecule has 1 amide bonds. The molecule has 0 bridgehead atoms. The average molecular weight is 447 g/mol. The zero-order valence-electron chi connectivity index (χ0n) is 16.3. The number of methoxy groups -OCH3 is 1. The molecule has 0 aliphatic carbocycles. The van der Waals surface area contributed by atoms with E-state index in [1.807, 2.05) is 17.0 Å². The van der Waals surface area contributed by atoms with Crippen molar-refractivity contribution in [2.75, 3.05) is 33.3 Å². The molecule has 4 rings (SSSR count). The number of rotatable bonds is 4. The molecular weight excluding hydrogens is 427 g/mol. The highest BCUT2D eigenvalue weighted by Gasteiger charge is 2.32. The van der Waals surface area contributed by atoms with E-state index in [9.17, 15) is 14.0 Å². The predicted octanol–water partition coefficient (Wildman–Crippen LogP) is 4.37. The molecule has 0 radical (unpaired) electrons. The van der Waals surface area contributed by atoms with Crippen LogP contribution in [0, 0.1) is 5.82 Å². The monoisotopic (exact) mass is 446 g/mol. The third-order valence-electron chi connectivity index (χ3n) is 5.27. The summed E-state index contributed by atoms with van der Waals surface area (Å²) in [4.78, 5) is 29.8. The first-order chi connectivity index (χ1) is 14.5. The van der Waals surface area contributed by atoms with Crippen molar-refractivity contribution in [1.29, 1.82) is 0 Å². The van der Waals surface area contributed by atoms with Gasteiger partial charge in [-0.25, -0.2) is 9.18 Å². The number of nitrogens with zero attached hydrogens (tertiary/aromatic N) is 2. The average Bonchev–Trinajstić information content (AvgIpc) is 3.18. The van der Waals surface area contributed by atoms with E-state index in [0.717, 1.165) is 15.6 Å². The van der Waals surface area contributed by atoms with Crippen LogP contribution in [0.15, 0.2) is 48.5 Å². The number of halogens is 2. The van der Waals surface area contributed by atoms with Crippen LogP contribution in [0.3, 0.4) is 0 Å². The molecule has 2 aromatic carbocycles. The van der Waals surface area contributed by atoms with Gasteiger partial charge in [0.25, 0.3) is 5.91 Å². The molecule has 1 aliphatic rings. The quantitative estimate of drug-likeness (QED) is 0.558. The highest BCUT2D eigenvalue weighted by Crippen LogP contribution is 2.29. The Morgan fingerprint density at radius 2 is 1.77 bits per heavy atom. The zero-order valence-corrected chi connectivity index (χ0v) is 17.9. The standard InChI is InChI=1S/C22H20ClFN2O3S/c1-29-22(28)20(14-2-4-16(23)5-3-14)25-8-10-26(11-9-25)21(27)19-13-15-12-17(24)6-7-18(15)30-19/h2-7,12-13,20H,8-11H2,1H3. The van der Waals surface area contributed by atoms with Crippen molar-refractivity contribution in [2.45, 2.75) is 6.04 Å². The molecule has 156 valence electrons. The van der Waals surface area contributed by atoms with Gasteiger partial charge in [0.05, 0.1) is 12.0 Å². The summed E-state index contributed by atoms with van der Waals surface area (Å²) in [5.41, 5.74) is 0.803. The van der Waals surface area contributed by atoms with Gasteiger partial charge >= 0.3 is 5.97 Å². The third-order valence-corrected chi connectivity index (χ3v) is 6.62. The van der Waals surface area contributed by atoms with E-state index in [0.29, 0.717) is 36.1 Å². The normalized spacial score (nSPS) is 15.9. The van der Waals surface area contributed by atoms with Crippen molar-refractivity contribution in [1.82, 2.24) is 9.80 Å². The van der Waals surface area contributed by atoms with Crippen molar-refractivity contribution in [2.24, 2.45) is 0 Å². The van der Waals surface area contributed by atoms with Crippen LogP contribution in [-0.2, 0) is 9.53 Å². The Balaban J connectivity index is 1.47. The Labute approximate surface area is 182 Å². The minimum atomic E-state index is -0.545. The lowest BCUT2D eigenvalue weighted by atomic mass is 10.0. The number of piperazine rings is 1. The Hall–Kier alpha value is -2.48. The molecule has 0 N–H and O–H groups in total. The maximum atomic E-state index is 13.4. The molecule has 2 heterocycles. The molecule has 0 spiro atoms. The molecule has 8 heteroatoms. The van der Waals surface area contributed by atoms with Crippen LogP contribution in [0.2, 0.25) is 5.02 Å². The number of carbonyl (C=O) groups excluding carboxylic acids is 2. The molecule has 1 unspecified atom stereocenters. The summed E-state index contributed by atoms with van der Waals surface area (Å²) in [6.45, 7) is 2.05. The van der Waals surface area contributed by atoms with E-state index in [2.05, 4.69) is 0 Å². The summed E-state index contributed by atoms with van der Waals surface area (Å²) >= 11 is 7.34. The number of hydrogen-bond acceptors (Lipinski definition) is 5. The third kappa shape index (κ3) is 4.19. The summed E-state index contributed by atoms with van der Waals surface area (Å²) in [5, 5.41) is 1.33. The smallest absolute Gasteiger partial charge is 0.327 e. The van der Waals surface area contributed by atoms with Crippen molar-refractivity contribution < 1.29 is 18.7 Å². The first-order valence-corrected chi connectivity index (χ1v) is 10.7. The Morgan fingerprint density at radius 3 is 2.43 bits per heavy atom. The van der Waals surface area contributed by atoms with E-state index in [4.69, 9.17) is 16.3 Å². The van der Waals surface area contributed by atoms with Crippen LogP contribution < -0.4 is 0 Å². The van der Waals surface area contributed by atoms with Crippen molar-refractivity contribution >= 4 is 44.9 Å². The second-order valence-corrected chi connectivity index (χ2v) is 8.62. The number of amides is 1. The lowest BCUT2D eigenvalue weighted by molar-refractivity contribution is -0.148. The van der Waals surface area contributed by atoms with Crippen LogP contribution in [0.25, 0.3) is 10.1 Å².